The molecule has 5 heteroatoms. The number of hydrogen-bond donors (Lipinski definition) is 1. The number of anilines is 1. The Morgan fingerprint density at radius 1 is 1.42 bits per heavy atom. The average molecular weight is 262 g/mol. The third kappa shape index (κ3) is 2.30. The molecular weight excluding hydrogens is 244 g/mol. The summed E-state index contributed by atoms with van der Waals surface area (Å²) in [5, 5.41) is 9.18. The van der Waals surface area contributed by atoms with Gasteiger partial charge in [0, 0.05) is 12.8 Å². The fraction of sp³-hybridized carbons (Fsp3) is 0.571. The van der Waals surface area contributed by atoms with Gasteiger partial charge in [-0.1, -0.05) is 6.07 Å². The van der Waals surface area contributed by atoms with Crippen LogP contribution >= 0.6 is 0 Å². The zero-order valence-corrected chi connectivity index (χ0v) is 10.8. The highest BCUT2D eigenvalue weighted by atomic mass is 16.6. The minimum atomic E-state index is -0.375. The second-order valence-corrected chi connectivity index (χ2v) is 5.45. The molecule has 19 heavy (non-hydrogen) atoms. The normalized spacial score (nSPS) is 30.7. The topological polar surface area (TPSA) is 62.7 Å². The molecule has 0 unspecified atom stereocenters. The molecule has 2 fully saturated rings. The lowest BCUT2D eigenvalue weighted by Crippen LogP contribution is -2.39. The van der Waals surface area contributed by atoms with E-state index in [0.29, 0.717) is 18.3 Å². The van der Waals surface area contributed by atoms with E-state index in [-0.39, 0.29) is 18.3 Å². The van der Waals surface area contributed by atoms with Crippen LogP contribution in [0.25, 0.3) is 0 Å². The molecule has 3 rings (SSSR count). The molecule has 0 aromatic carbocycles. The minimum Gasteiger partial charge on any atom is -0.441 e. The third-order valence-electron chi connectivity index (χ3n) is 4.17. The fourth-order valence-corrected chi connectivity index (χ4v) is 2.96. The number of aliphatic hydroxyl groups excluding tert-OH is 1. The van der Waals surface area contributed by atoms with E-state index in [4.69, 9.17) is 4.74 Å². The number of carbonyl (C=O) groups excluding carboxylic acids is 1. The molecule has 102 valence electrons. The predicted molar refractivity (Wildman–Crippen MR) is 69.8 cm³/mol. The van der Waals surface area contributed by atoms with Gasteiger partial charge < -0.3 is 9.84 Å². The summed E-state index contributed by atoms with van der Waals surface area (Å²) in [5.41, 5.74) is -0.375. The first-order valence-corrected chi connectivity index (χ1v) is 6.75. The van der Waals surface area contributed by atoms with Crippen molar-refractivity contribution in [3.05, 3.63) is 24.4 Å². The van der Waals surface area contributed by atoms with Crippen molar-refractivity contribution in [3.8, 4) is 0 Å². The smallest absolute Gasteiger partial charge is 0.416 e. The fourth-order valence-electron chi connectivity index (χ4n) is 2.96. The van der Waals surface area contributed by atoms with Crippen molar-refractivity contribution in [1.29, 1.82) is 0 Å². The van der Waals surface area contributed by atoms with Crippen LogP contribution in [0.3, 0.4) is 0 Å². The molecule has 1 aromatic rings. The van der Waals surface area contributed by atoms with Gasteiger partial charge in [0.15, 0.2) is 0 Å². The monoisotopic (exact) mass is 262 g/mol. The van der Waals surface area contributed by atoms with Crippen LogP contribution in [0.5, 0.6) is 0 Å². The molecule has 0 radical (unpaired) electrons. The van der Waals surface area contributed by atoms with Crippen molar-refractivity contribution >= 4 is 11.9 Å². The van der Waals surface area contributed by atoms with E-state index in [1.54, 1.807) is 11.1 Å². The molecule has 1 spiro atoms. The molecule has 2 heterocycles. The Kier molecular flexibility index (Phi) is 3.14. The highest BCUT2D eigenvalue weighted by molar-refractivity contribution is 5.89. The van der Waals surface area contributed by atoms with Crippen LogP contribution in [0, 0.1) is 5.92 Å². The molecule has 0 atom stereocenters. The summed E-state index contributed by atoms with van der Waals surface area (Å²) < 4.78 is 5.62. The molecule has 1 amide bonds. The van der Waals surface area contributed by atoms with Gasteiger partial charge in [0.2, 0.25) is 0 Å². The van der Waals surface area contributed by atoms with Gasteiger partial charge in [-0.05, 0) is 43.7 Å². The summed E-state index contributed by atoms with van der Waals surface area (Å²) in [7, 11) is 0. The van der Waals surface area contributed by atoms with Crippen molar-refractivity contribution in [1.82, 2.24) is 4.98 Å². The van der Waals surface area contributed by atoms with Gasteiger partial charge in [0.25, 0.3) is 0 Å². The number of amides is 1. The summed E-state index contributed by atoms with van der Waals surface area (Å²) in [6, 6.07) is 5.51. The Morgan fingerprint density at radius 3 is 2.84 bits per heavy atom. The number of aliphatic hydroxyl groups is 1. The summed E-state index contributed by atoms with van der Waals surface area (Å²) in [5.74, 6) is 1.00. The Bertz CT molecular complexity index is 455. The van der Waals surface area contributed by atoms with Crippen molar-refractivity contribution in [2.45, 2.75) is 31.3 Å². The lowest BCUT2D eigenvalue weighted by Gasteiger charge is -2.34. The second-order valence-electron chi connectivity index (χ2n) is 5.45. The first kappa shape index (κ1) is 12.4. The zero-order valence-electron chi connectivity index (χ0n) is 10.8. The van der Waals surface area contributed by atoms with Gasteiger partial charge >= 0.3 is 6.09 Å². The van der Waals surface area contributed by atoms with Crippen molar-refractivity contribution in [2.24, 2.45) is 5.92 Å². The standard InChI is InChI=1S/C14H18N2O3/c17-9-11-4-6-14(7-5-11)10-16(13(18)19-14)12-3-1-2-8-15-12/h1-3,8,11,17H,4-7,9-10H2/t11-,14-. The molecule has 1 saturated heterocycles. The van der Waals surface area contributed by atoms with Crippen LogP contribution in [0.2, 0.25) is 0 Å². The summed E-state index contributed by atoms with van der Waals surface area (Å²) in [6.45, 7) is 0.801. The van der Waals surface area contributed by atoms with E-state index >= 15 is 0 Å². The number of hydrogen-bond acceptors (Lipinski definition) is 4. The van der Waals surface area contributed by atoms with Gasteiger partial charge in [0.05, 0.1) is 6.54 Å². The summed E-state index contributed by atoms with van der Waals surface area (Å²) in [6.07, 6.45) is 4.86. The van der Waals surface area contributed by atoms with E-state index in [1.807, 2.05) is 18.2 Å². The Hall–Kier alpha value is -1.62. The maximum Gasteiger partial charge on any atom is 0.416 e. The van der Waals surface area contributed by atoms with Crippen molar-refractivity contribution in [3.63, 3.8) is 0 Å². The maximum atomic E-state index is 12.0. The first-order chi connectivity index (χ1) is 9.22. The molecule has 1 aliphatic heterocycles. The average Bonchev–Trinajstić information content (AvgIpc) is 2.77. The van der Waals surface area contributed by atoms with Crippen LogP contribution in [-0.4, -0.2) is 34.9 Å². The molecular formula is C14H18N2O3. The van der Waals surface area contributed by atoms with E-state index in [1.165, 1.54) is 0 Å². The van der Waals surface area contributed by atoms with Crippen LogP contribution in [0.4, 0.5) is 10.6 Å². The van der Waals surface area contributed by atoms with Gasteiger partial charge in [-0.3, -0.25) is 4.90 Å². The SMILES string of the molecule is O=C1O[C@]2(CC[C@H](CO)CC2)CN1c1ccccn1. The lowest BCUT2D eigenvalue weighted by atomic mass is 9.79. The van der Waals surface area contributed by atoms with Crippen molar-refractivity contribution in [2.75, 3.05) is 18.1 Å². The highest BCUT2D eigenvalue weighted by Gasteiger charge is 2.47. The lowest BCUT2D eigenvalue weighted by molar-refractivity contribution is 0.00557. The maximum absolute atomic E-state index is 12.0. The number of aromatic nitrogens is 1. The Labute approximate surface area is 112 Å². The quantitative estimate of drug-likeness (QED) is 0.885. The van der Waals surface area contributed by atoms with E-state index in [9.17, 15) is 9.90 Å². The second kappa shape index (κ2) is 4.81. The summed E-state index contributed by atoms with van der Waals surface area (Å²) >= 11 is 0. The highest BCUT2D eigenvalue weighted by Crippen LogP contribution is 2.40. The minimum absolute atomic E-state index is 0.230. The van der Waals surface area contributed by atoms with Crippen LogP contribution in [-0.2, 0) is 4.74 Å². The number of ether oxygens (including phenoxy) is 1. The number of nitrogens with zero attached hydrogens (tertiary/aromatic N) is 2. The predicted octanol–water partition coefficient (Wildman–Crippen LogP) is 1.96. The molecule has 0 bridgehead atoms. The largest absolute Gasteiger partial charge is 0.441 e. The zero-order chi connectivity index (χ0) is 13.3. The van der Waals surface area contributed by atoms with Gasteiger partial charge in [-0.2, -0.15) is 0 Å². The number of carbonyl (C=O) groups is 1. The molecule has 1 aliphatic carbocycles. The van der Waals surface area contributed by atoms with E-state index < -0.39 is 0 Å². The van der Waals surface area contributed by atoms with Crippen molar-refractivity contribution < 1.29 is 14.6 Å². The van der Waals surface area contributed by atoms with Gasteiger partial charge in [-0.25, -0.2) is 9.78 Å². The van der Waals surface area contributed by atoms with E-state index in [0.717, 1.165) is 25.7 Å². The van der Waals surface area contributed by atoms with Crippen LogP contribution in [0.15, 0.2) is 24.4 Å². The Balaban J connectivity index is 1.74. The third-order valence-corrected chi connectivity index (χ3v) is 4.17. The first-order valence-electron chi connectivity index (χ1n) is 6.75. The molecule has 1 N–H and O–H groups in total. The van der Waals surface area contributed by atoms with Gasteiger partial charge in [-0.15, -0.1) is 0 Å². The van der Waals surface area contributed by atoms with Gasteiger partial charge in [0.1, 0.15) is 11.4 Å². The molecule has 1 aromatic heterocycles. The van der Waals surface area contributed by atoms with Crippen LogP contribution in [0.1, 0.15) is 25.7 Å². The summed E-state index contributed by atoms with van der Waals surface area (Å²) in [4.78, 5) is 17.8. The Morgan fingerprint density at radius 2 is 2.21 bits per heavy atom. The van der Waals surface area contributed by atoms with E-state index in [2.05, 4.69) is 4.98 Å². The molecule has 5 nitrogen and oxygen atoms in total. The number of rotatable bonds is 2. The molecule has 2 aliphatic rings. The molecule has 1 saturated carbocycles. The van der Waals surface area contributed by atoms with Crippen LogP contribution < -0.4 is 4.90 Å². The number of pyridine rings is 1.